The van der Waals surface area contributed by atoms with Crippen molar-refractivity contribution in [3.63, 3.8) is 0 Å². The lowest BCUT2D eigenvalue weighted by Crippen LogP contribution is -2.39. The van der Waals surface area contributed by atoms with Crippen molar-refractivity contribution in [3.05, 3.63) is 0 Å². The van der Waals surface area contributed by atoms with Gasteiger partial charge in [-0.15, -0.1) is 0 Å². The molecule has 1 saturated carbocycles. The SMILES string of the molecule is CCCNC(=O)NCC1(CO)CC1. The number of amides is 2. The van der Waals surface area contributed by atoms with Gasteiger partial charge in [-0.1, -0.05) is 6.92 Å². The zero-order chi connectivity index (χ0) is 9.73. The van der Waals surface area contributed by atoms with Crippen molar-refractivity contribution >= 4 is 6.03 Å². The molecule has 0 unspecified atom stereocenters. The van der Waals surface area contributed by atoms with Gasteiger partial charge in [-0.2, -0.15) is 0 Å². The summed E-state index contributed by atoms with van der Waals surface area (Å²) < 4.78 is 0. The summed E-state index contributed by atoms with van der Waals surface area (Å²) in [6.07, 6.45) is 2.99. The summed E-state index contributed by atoms with van der Waals surface area (Å²) in [4.78, 5) is 11.1. The number of aliphatic hydroxyl groups is 1. The highest BCUT2D eigenvalue weighted by Gasteiger charge is 2.41. The molecular formula is C9H18N2O2. The average Bonchev–Trinajstić information content (AvgIpc) is 2.92. The predicted octanol–water partition coefficient (Wildman–Crippen LogP) is 0.468. The fourth-order valence-electron chi connectivity index (χ4n) is 1.14. The Labute approximate surface area is 78.7 Å². The van der Waals surface area contributed by atoms with Crippen LogP contribution in [0.1, 0.15) is 26.2 Å². The molecule has 4 nitrogen and oxygen atoms in total. The van der Waals surface area contributed by atoms with Gasteiger partial charge in [-0.05, 0) is 19.3 Å². The summed E-state index contributed by atoms with van der Waals surface area (Å²) in [5.74, 6) is 0. The first-order valence-corrected chi connectivity index (χ1v) is 4.85. The average molecular weight is 186 g/mol. The van der Waals surface area contributed by atoms with Gasteiger partial charge in [0, 0.05) is 18.5 Å². The number of urea groups is 1. The zero-order valence-electron chi connectivity index (χ0n) is 8.10. The largest absolute Gasteiger partial charge is 0.396 e. The molecule has 0 aromatic carbocycles. The predicted molar refractivity (Wildman–Crippen MR) is 50.4 cm³/mol. The zero-order valence-corrected chi connectivity index (χ0v) is 8.10. The molecule has 1 aliphatic carbocycles. The van der Waals surface area contributed by atoms with E-state index in [1.807, 2.05) is 6.92 Å². The minimum absolute atomic E-state index is 0.00353. The molecule has 76 valence electrons. The molecule has 0 saturated heterocycles. The highest BCUT2D eigenvalue weighted by atomic mass is 16.3. The van der Waals surface area contributed by atoms with Crippen LogP contribution in [0.5, 0.6) is 0 Å². The molecule has 4 heteroatoms. The van der Waals surface area contributed by atoms with Crippen LogP contribution in [0.4, 0.5) is 4.79 Å². The van der Waals surface area contributed by atoms with Crippen LogP contribution >= 0.6 is 0 Å². The Balaban J connectivity index is 2.08. The number of carbonyl (C=O) groups is 1. The van der Waals surface area contributed by atoms with Gasteiger partial charge in [0.05, 0.1) is 6.61 Å². The van der Waals surface area contributed by atoms with Crippen molar-refractivity contribution < 1.29 is 9.90 Å². The van der Waals surface area contributed by atoms with E-state index in [0.717, 1.165) is 19.3 Å². The van der Waals surface area contributed by atoms with E-state index in [1.54, 1.807) is 0 Å². The number of hydrogen-bond donors (Lipinski definition) is 3. The first kappa shape index (κ1) is 10.3. The number of hydrogen-bond acceptors (Lipinski definition) is 2. The van der Waals surface area contributed by atoms with Crippen LogP contribution in [0.3, 0.4) is 0 Å². The third-order valence-electron chi connectivity index (χ3n) is 2.45. The highest BCUT2D eigenvalue weighted by molar-refractivity contribution is 5.73. The second-order valence-corrected chi connectivity index (χ2v) is 3.77. The second kappa shape index (κ2) is 4.46. The molecule has 0 aromatic rings. The minimum Gasteiger partial charge on any atom is -0.396 e. The molecule has 2 amide bonds. The van der Waals surface area contributed by atoms with Crippen molar-refractivity contribution in [3.8, 4) is 0 Å². The Morgan fingerprint density at radius 2 is 2.15 bits per heavy atom. The normalized spacial score (nSPS) is 18.0. The lowest BCUT2D eigenvalue weighted by atomic mass is 10.1. The van der Waals surface area contributed by atoms with Crippen LogP contribution in [0.15, 0.2) is 0 Å². The number of nitrogens with one attached hydrogen (secondary N) is 2. The van der Waals surface area contributed by atoms with Crippen LogP contribution in [-0.2, 0) is 0 Å². The maximum Gasteiger partial charge on any atom is 0.314 e. The third kappa shape index (κ3) is 3.22. The standard InChI is InChI=1S/C9H18N2O2/c1-2-5-10-8(13)11-6-9(7-12)3-4-9/h12H,2-7H2,1H3,(H2,10,11,13). The molecule has 0 atom stereocenters. The Morgan fingerprint density at radius 3 is 2.62 bits per heavy atom. The van der Waals surface area contributed by atoms with E-state index in [-0.39, 0.29) is 18.1 Å². The van der Waals surface area contributed by atoms with E-state index >= 15 is 0 Å². The van der Waals surface area contributed by atoms with Gasteiger partial charge in [0.2, 0.25) is 0 Å². The quantitative estimate of drug-likeness (QED) is 0.584. The maximum atomic E-state index is 11.1. The molecule has 1 rings (SSSR count). The first-order chi connectivity index (χ1) is 6.22. The second-order valence-electron chi connectivity index (χ2n) is 3.77. The van der Waals surface area contributed by atoms with E-state index in [9.17, 15) is 4.79 Å². The third-order valence-corrected chi connectivity index (χ3v) is 2.45. The summed E-state index contributed by atoms with van der Waals surface area (Å²) in [6.45, 7) is 3.49. The number of rotatable bonds is 5. The van der Waals surface area contributed by atoms with Gasteiger partial charge in [0.15, 0.2) is 0 Å². The van der Waals surface area contributed by atoms with Gasteiger partial charge in [0.1, 0.15) is 0 Å². The van der Waals surface area contributed by atoms with E-state index in [4.69, 9.17) is 5.11 Å². The minimum atomic E-state index is -0.124. The lowest BCUT2D eigenvalue weighted by Gasteiger charge is -2.12. The van der Waals surface area contributed by atoms with Gasteiger partial charge in [0.25, 0.3) is 0 Å². The van der Waals surface area contributed by atoms with E-state index in [0.29, 0.717) is 13.1 Å². The molecular weight excluding hydrogens is 168 g/mol. The van der Waals surface area contributed by atoms with Gasteiger partial charge in [-0.3, -0.25) is 0 Å². The molecule has 0 radical (unpaired) electrons. The van der Waals surface area contributed by atoms with E-state index in [1.165, 1.54) is 0 Å². The molecule has 13 heavy (non-hydrogen) atoms. The maximum absolute atomic E-state index is 11.1. The fourth-order valence-corrected chi connectivity index (χ4v) is 1.14. The Morgan fingerprint density at radius 1 is 1.46 bits per heavy atom. The molecule has 1 fully saturated rings. The lowest BCUT2D eigenvalue weighted by molar-refractivity contribution is 0.203. The fraction of sp³-hybridized carbons (Fsp3) is 0.889. The van der Waals surface area contributed by atoms with Crippen molar-refractivity contribution in [1.29, 1.82) is 0 Å². The summed E-state index contributed by atoms with van der Waals surface area (Å²) >= 11 is 0. The molecule has 0 aromatic heterocycles. The molecule has 3 N–H and O–H groups in total. The van der Waals surface area contributed by atoms with Crippen LogP contribution in [0.25, 0.3) is 0 Å². The Kier molecular flexibility index (Phi) is 3.54. The smallest absolute Gasteiger partial charge is 0.314 e. The molecule has 0 spiro atoms. The highest BCUT2D eigenvalue weighted by Crippen LogP contribution is 2.44. The monoisotopic (exact) mass is 186 g/mol. The van der Waals surface area contributed by atoms with Crippen LogP contribution < -0.4 is 10.6 Å². The Hall–Kier alpha value is -0.770. The van der Waals surface area contributed by atoms with E-state index in [2.05, 4.69) is 10.6 Å². The number of aliphatic hydroxyl groups excluding tert-OH is 1. The van der Waals surface area contributed by atoms with Crippen molar-refractivity contribution in [2.24, 2.45) is 5.41 Å². The molecule has 1 aliphatic rings. The van der Waals surface area contributed by atoms with Crippen molar-refractivity contribution in [1.82, 2.24) is 10.6 Å². The molecule has 0 heterocycles. The van der Waals surface area contributed by atoms with E-state index < -0.39 is 0 Å². The first-order valence-electron chi connectivity index (χ1n) is 4.85. The summed E-state index contributed by atoms with van der Waals surface area (Å²) in [6, 6.07) is -0.124. The van der Waals surface area contributed by atoms with Crippen LogP contribution in [-0.4, -0.2) is 30.8 Å². The van der Waals surface area contributed by atoms with Crippen molar-refractivity contribution in [2.75, 3.05) is 19.7 Å². The summed E-state index contributed by atoms with van der Waals surface area (Å²) in [7, 11) is 0. The summed E-state index contributed by atoms with van der Waals surface area (Å²) in [5, 5.41) is 14.5. The molecule has 0 aliphatic heterocycles. The number of carbonyl (C=O) groups excluding carboxylic acids is 1. The van der Waals surface area contributed by atoms with Crippen molar-refractivity contribution in [2.45, 2.75) is 26.2 Å². The van der Waals surface area contributed by atoms with Gasteiger partial charge in [-0.25, -0.2) is 4.79 Å². The van der Waals surface area contributed by atoms with Crippen LogP contribution in [0, 0.1) is 5.41 Å². The Bertz CT molecular complexity index is 178. The molecule has 0 bridgehead atoms. The van der Waals surface area contributed by atoms with Gasteiger partial charge < -0.3 is 15.7 Å². The van der Waals surface area contributed by atoms with Gasteiger partial charge >= 0.3 is 6.03 Å². The van der Waals surface area contributed by atoms with Crippen LogP contribution in [0.2, 0.25) is 0 Å². The topological polar surface area (TPSA) is 61.4 Å². The summed E-state index contributed by atoms with van der Waals surface area (Å²) in [5.41, 5.74) is 0.00353.